The van der Waals surface area contributed by atoms with Crippen molar-refractivity contribution >= 4 is 28.3 Å². The highest BCUT2D eigenvalue weighted by molar-refractivity contribution is 7.15. The number of benzene rings is 1. The number of carbonyl (C=O) groups excluding carboxylic acids is 2. The van der Waals surface area contributed by atoms with Crippen molar-refractivity contribution in [3.63, 3.8) is 0 Å². The zero-order chi connectivity index (χ0) is 15.5. The third-order valence-electron chi connectivity index (χ3n) is 3.65. The van der Waals surface area contributed by atoms with Crippen LogP contribution in [-0.4, -0.2) is 28.2 Å². The van der Waals surface area contributed by atoms with Crippen LogP contribution in [0.25, 0.3) is 0 Å². The van der Waals surface area contributed by atoms with Crippen LogP contribution in [0.3, 0.4) is 0 Å². The quantitative estimate of drug-likeness (QED) is 0.942. The maximum absolute atomic E-state index is 12.2. The maximum Gasteiger partial charge on any atom is 0.231 e. The first-order valence-corrected chi connectivity index (χ1v) is 7.98. The van der Waals surface area contributed by atoms with Crippen molar-refractivity contribution in [2.45, 2.75) is 19.9 Å². The van der Waals surface area contributed by atoms with Crippen LogP contribution in [-0.2, 0) is 16.1 Å². The highest BCUT2D eigenvalue weighted by Crippen LogP contribution is 2.23. The number of anilines is 1. The van der Waals surface area contributed by atoms with Crippen molar-refractivity contribution in [3.8, 4) is 0 Å². The van der Waals surface area contributed by atoms with E-state index >= 15 is 0 Å². The summed E-state index contributed by atoms with van der Waals surface area (Å²) in [5.74, 6) is -0.405. The molecule has 1 aromatic carbocycles. The minimum atomic E-state index is -0.305. The van der Waals surface area contributed by atoms with Crippen molar-refractivity contribution in [2.75, 3.05) is 11.9 Å². The second kappa shape index (κ2) is 6.27. The molecule has 114 valence electrons. The van der Waals surface area contributed by atoms with E-state index in [9.17, 15) is 9.59 Å². The molecule has 22 heavy (non-hydrogen) atoms. The van der Waals surface area contributed by atoms with Crippen molar-refractivity contribution in [2.24, 2.45) is 5.92 Å². The van der Waals surface area contributed by atoms with Gasteiger partial charge in [0, 0.05) is 30.6 Å². The largest absolute Gasteiger partial charge is 0.338 e. The number of nitrogens with one attached hydrogen (secondary N) is 1. The van der Waals surface area contributed by atoms with Crippen molar-refractivity contribution in [1.29, 1.82) is 0 Å². The first-order valence-electron chi connectivity index (χ1n) is 7.17. The van der Waals surface area contributed by atoms with Gasteiger partial charge in [-0.05, 0) is 12.5 Å². The topological polar surface area (TPSA) is 62.3 Å². The van der Waals surface area contributed by atoms with Crippen LogP contribution in [0.4, 0.5) is 5.13 Å². The Morgan fingerprint density at radius 1 is 1.41 bits per heavy atom. The summed E-state index contributed by atoms with van der Waals surface area (Å²) in [6.07, 6.45) is 1.99. The number of hydrogen-bond acceptors (Lipinski definition) is 4. The van der Waals surface area contributed by atoms with E-state index in [1.54, 1.807) is 11.1 Å². The molecule has 5 nitrogen and oxygen atoms in total. The molecule has 0 saturated carbocycles. The van der Waals surface area contributed by atoms with E-state index in [-0.39, 0.29) is 24.2 Å². The number of hydrogen-bond donors (Lipinski definition) is 1. The van der Waals surface area contributed by atoms with Crippen LogP contribution in [0.1, 0.15) is 16.9 Å². The molecule has 2 aromatic rings. The van der Waals surface area contributed by atoms with E-state index in [1.807, 2.05) is 37.3 Å². The van der Waals surface area contributed by atoms with Gasteiger partial charge >= 0.3 is 0 Å². The van der Waals surface area contributed by atoms with E-state index in [2.05, 4.69) is 10.3 Å². The highest BCUT2D eigenvalue weighted by atomic mass is 32.1. The molecule has 1 atom stereocenters. The normalized spacial score (nSPS) is 17.8. The van der Waals surface area contributed by atoms with Gasteiger partial charge in [0.2, 0.25) is 11.8 Å². The average Bonchev–Trinajstić information content (AvgIpc) is 3.07. The van der Waals surface area contributed by atoms with Gasteiger partial charge in [0.25, 0.3) is 0 Å². The molecule has 2 heterocycles. The zero-order valence-corrected chi connectivity index (χ0v) is 13.1. The lowest BCUT2D eigenvalue weighted by Gasteiger charge is -2.16. The summed E-state index contributed by atoms with van der Waals surface area (Å²) in [7, 11) is 0. The molecule has 1 N–H and O–H groups in total. The van der Waals surface area contributed by atoms with Crippen molar-refractivity contribution < 1.29 is 9.59 Å². The lowest BCUT2D eigenvalue weighted by molar-refractivity contribution is -0.128. The number of rotatable bonds is 4. The molecule has 1 aromatic heterocycles. The summed E-state index contributed by atoms with van der Waals surface area (Å²) >= 11 is 1.44. The molecule has 2 amide bonds. The lowest BCUT2D eigenvalue weighted by Crippen LogP contribution is -2.28. The summed E-state index contributed by atoms with van der Waals surface area (Å²) in [6, 6.07) is 9.81. The zero-order valence-electron chi connectivity index (χ0n) is 12.3. The maximum atomic E-state index is 12.2. The van der Waals surface area contributed by atoms with E-state index < -0.39 is 0 Å². The number of amides is 2. The van der Waals surface area contributed by atoms with Gasteiger partial charge < -0.3 is 10.2 Å². The van der Waals surface area contributed by atoms with Crippen molar-refractivity contribution in [3.05, 3.63) is 47.0 Å². The molecule has 1 aliphatic heterocycles. The van der Waals surface area contributed by atoms with Crippen molar-refractivity contribution in [1.82, 2.24) is 9.88 Å². The number of aryl methyl sites for hydroxylation is 1. The molecule has 3 rings (SSSR count). The predicted molar refractivity (Wildman–Crippen MR) is 85.4 cm³/mol. The number of nitrogens with zero attached hydrogens (tertiary/aromatic N) is 2. The predicted octanol–water partition coefficient (Wildman–Crippen LogP) is 2.44. The van der Waals surface area contributed by atoms with Crippen LogP contribution in [0.2, 0.25) is 0 Å². The Labute approximate surface area is 133 Å². The SMILES string of the molecule is Cc1cnc(NC(=O)[C@H]2CC(=O)N(Cc3ccccc3)C2)s1. The minimum Gasteiger partial charge on any atom is -0.338 e. The third-order valence-corrected chi connectivity index (χ3v) is 4.48. The molecule has 1 aliphatic rings. The van der Waals surface area contributed by atoms with Gasteiger partial charge in [-0.3, -0.25) is 9.59 Å². The molecular formula is C16H17N3O2S. The number of likely N-dealkylation sites (tertiary alicyclic amines) is 1. The summed E-state index contributed by atoms with van der Waals surface area (Å²) in [6.45, 7) is 2.96. The fourth-order valence-electron chi connectivity index (χ4n) is 2.52. The summed E-state index contributed by atoms with van der Waals surface area (Å²) in [5, 5.41) is 3.39. The fourth-order valence-corrected chi connectivity index (χ4v) is 3.19. The number of thiazole rings is 1. The molecule has 0 bridgehead atoms. The highest BCUT2D eigenvalue weighted by Gasteiger charge is 2.34. The Kier molecular flexibility index (Phi) is 4.20. The molecule has 0 unspecified atom stereocenters. The summed E-state index contributed by atoms with van der Waals surface area (Å²) in [4.78, 5) is 31.2. The van der Waals surface area contributed by atoms with Gasteiger partial charge in [-0.25, -0.2) is 4.98 Å². The van der Waals surface area contributed by atoms with Gasteiger partial charge in [-0.2, -0.15) is 0 Å². The average molecular weight is 315 g/mol. The summed E-state index contributed by atoms with van der Waals surface area (Å²) < 4.78 is 0. The molecule has 1 saturated heterocycles. The van der Waals surface area contributed by atoms with E-state index in [4.69, 9.17) is 0 Å². The first-order chi connectivity index (χ1) is 10.6. The Balaban J connectivity index is 1.60. The standard InChI is InChI=1S/C16H17N3O2S/c1-11-8-17-16(22-11)18-15(21)13-7-14(20)19(10-13)9-12-5-3-2-4-6-12/h2-6,8,13H,7,9-10H2,1H3,(H,17,18,21)/t13-/m0/s1. The van der Waals surface area contributed by atoms with E-state index in [0.29, 0.717) is 18.2 Å². The summed E-state index contributed by atoms with van der Waals surface area (Å²) in [5.41, 5.74) is 1.08. The van der Waals surface area contributed by atoms with Gasteiger partial charge in [0.1, 0.15) is 0 Å². The van der Waals surface area contributed by atoms with Gasteiger partial charge in [-0.15, -0.1) is 11.3 Å². The first kappa shape index (κ1) is 14.7. The Morgan fingerprint density at radius 2 is 2.18 bits per heavy atom. The molecule has 1 fully saturated rings. The van der Waals surface area contributed by atoms with Gasteiger partial charge in [0.05, 0.1) is 5.92 Å². The molecule has 0 aliphatic carbocycles. The van der Waals surface area contributed by atoms with E-state index in [1.165, 1.54) is 11.3 Å². The smallest absolute Gasteiger partial charge is 0.231 e. The monoisotopic (exact) mass is 315 g/mol. The van der Waals surface area contributed by atoms with Gasteiger partial charge in [-0.1, -0.05) is 30.3 Å². The fraction of sp³-hybridized carbons (Fsp3) is 0.312. The second-order valence-corrected chi connectivity index (χ2v) is 6.66. The van der Waals surface area contributed by atoms with E-state index in [0.717, 1.165) is 10.4 Å². The van der Waals surface area contributed by atoms with Crippen LogP contribution in [0.15, 0.2) is 36.5 Å². The molecular weight excluding hydrogens is 298 g/mol. The third kappa shape index (κ3) is 3.33. The Hall–Kier alpha value is -2.21. The number of aromatic nitrogens is 1. The van der Waals surface area contributed by atoms with Crippen LogP contribution in [0.5, 0.6) is 0 Å². The minimum absolute atomic E-state index is 0.0272. The molecule has 6 heteroatoms. The van der Waals surface area contributed by atoms with Gasteiger partial charge in [0.15, 0.2) is 5.13 Å². The molecule has 0 radical (unpaired) electrons. The molecule has 0 spiro atoms. The van der Waals surface area contributed by atoms with Crippen LogP contribution >= 0.6 is 11.3 Å². The van der Waals surface area contributed by atoms with Crippen LogP contribution in [0, 0.1) is 12.8 Å². The number of carbonyl (C=O) groups is 2. The Morgan fingerprint density at radius 3 is 2.86 bits per heavy atom. The Bertz CT molecular complexity index is 684. The van der Waals surface area contributed by atoms with Crippen LogP contribution < -0.4 is 5.32 Å². The second-order valence-electron chi connectivity index (χ2n) is 5.43. The lowest BCUT2D eigenvalue weighted by atomic mass is 10.1.